The Bertz CT molecular complexity index is 1920. The van der Waals surface area contributed by atoms with Crippen LogP contribution in [0.3, 0.4) is 0 Å². The third-order valence-electron chi connectivity index (χ3n) is 10.3. The summed E-state index contributed by atoms with van der Waals surface area (Å²) in [5.74, 6) is -1.66. The lowest BCUT2D eigenvalue weighted by molar-refractivity contribution is -0.156. The molecule has 12 heteroatoms. The predicted octanol–water partition coefficient (Wildman–Crippen LogP) is 6.64. The summed E-state index contributed by atoms with van der Waals surface area (Å²) in [4.78, 5) is 66.6. The van der Waals surface area contributed by atoms with Crippen molar-refractivity contribution in [2.24, 2.45) is 5.92 Å². The van der Waals surface area contributed by atoms with E-state index in [-0.39, 0.29) is 56.6 Å². The van der Waals surface area contributed by atoms with Crippen molar-refractivity contribution in [2.75, 3.05) is 33.9 Å². The van der Waals surface area contributed by atoms with Crippen LogP contribution >= 0.6 is 0 Å². The first-order chi connectivity index (χ1) is 27.2. The molecule has 3 unspecified atom stereocenters. The van der Waals surface area contributed by atoms with Crippen molar-refractivity contribution in [3.63, 3.8) is 0 Å². The Balaban J connectivity index is 1.20. The molecule has 2 aliphatic heterocycles. The molecule has 4 aromatic rings. The molecule has 292 valence electrons. The third-order valence-corrected chi connectivity index (χ3v) is 10.3. The first-order valence-electron chi connectivity index (χ1n) is 18.8. The number of esters is 1. The van der Waals surface area contributed by atoms with E-state index in [1.807, 2.05) is 78.9 Å². The van der Waals surface area contributed by atoms with Gasteiger partial charge in [0.1, 0.15) is 23.7 Å². The maximum Gasteiger partial charge on any atom is 0.306 e. The van der Waals surface area contributed by atoms with Gasteiger partial charge in [0.05, 0.1) is 50.8 Å². The molecule has 0 bridgehead atoms. The molecule has 0 radical (unpaired) electrons. The highest BCUT2D eigenvalue weighted by atomic mass is 16.6. The van der Waals surface area contributed by atoms with Gasteiger partial charge < -0.3 is 29.0 Å². The fraction of sp³-hybridized carbons (Fsp3) is 0.341. The number of rotatable bonds is 18. The van der Waals surface area contributed by atoms with E-state index in [1.54, 1.807) is 43.4 Å². The number of hydrogen-bond acceptors (Lipinski definition) is 9. The van der Waals surface area contributed by atoms with E-state index in [4.69, 9.17) is 18.9 Å². The van der Waals surface area contributed by atoms with Gasteiger partial charge in [0.2, 0.25) is 5.91 Å². The van der Waals surface area contributed by atoms with Crippen molar-refractivity contribution >= 4 is 29.7 Å². The quantitative estimate of drug-likeness (QED) is 0.0664. The highest BCUT2D eigenvalue weighted by molar-refractivity contribution is 6.21. The predicted molar refractivity (Wildman–Crippen MR) is 205 cm³/mol. The molecule has 1 fully saturated rings. The molecular weight excluding hydrogens is 716 g/mol. The summed E-state index contributed by atoms with van der Waals surface area (Å²) < 4.78 is 23.9. The molecule has 4 aromatic carbocycles. The zero-order valence-electron chi connectivity index (χ0n) is 31.5. The standard InChI is InChI=1S/C44H46N2O10/c1-53-32-20-16-30(17-21-32)41(31-18-22-33(54-2)23-19-31)56-42(29-11-5-3-6-12-29)36-27-45(28-37(36)55-40(50)25-24-39(48)49)38(47)15-7-4-10-26-46-43(51)34-13-8-9-14-35(34)44(46)52/h3,5-6,8-9,11-14,16-23,36-37,41-42H,4,7,10,15,24-28H2,1-2H3,(H,48,49). The fourth-order valence-corrected chi connectivity index (χ4v) is 7.30. The molecule has 12 nitrogen and oxygen atoms in total. The number of fused-ring (bicyclic) bond motifs is 1. The van der Waals surface area contributed by atoms with Gasteiger partial charge in [-0.3, -0.25) is 28.9 Å². The Kier molecular flexibility index (Phi) is 13.1. The number of likely N-dealkylation sites (tertiary alicyclic amines) is 1. The largest absolute Gasteiger partial charge is 0.497 e. The molecule has 0 spiro atoms. The molecule has 0 aliphatic carbocycles. The Morgan fingerprint density at radius 3 is 1.80 bits per heavy atom. The fourth-order valence-electron chi connectivity index (χ4n) is 7.30. The molecule has 56 heavy (non-hydrogen) atoms. The van der Waals surface area contributed by atoms with Gasteiger partial charge in [-0.1, -0.05) is 73.2 Å². The van der Waals surface area contributed by atoms with Crippen LogP contribution in [0.25, 0.3) is 0 Å². The molecule has 6 rings (SSSR count). The second-order valence-electron chi connectivity index (χ2n) is 13.9. The Morgan fingerprint density at radius 2 is 1.25 bits per heavy atom. The number of benzene rings is 4. The second-order valence-corrected chi connectivity index (χ2v) is 13.9. The molecule has 3 atom stereocenters. The highest BCUT2D eigenvalue weighted by Crippen LogP contribution is 2.41. The number of imide groups is 1. The minimum atomic E-state index is -1.11. The highest BCUT2D eigenvalue weighted by Gasteiger charge is 2.44. The summed E-state index contributed by atoms with van der Waals surface area (Å²) in [6.07, 6.45) is -0.822. The molecule has 3 amide bonds. The van der Waals surface area contributed by atoms with Gasteiger partial charge in [-0.15, -0.1) is 0 Å². The van der Waals surface area contributed by atoms with Crippen LogP contribution < -0.4 is 9.47 Å². The smallest absolute Gasteiger partial charge is 0.306 e. The third kappa shape index (κ3) is 9.43. The number of carbonyl (C=O) groups is 5. The number of carboxylic acids is 1. The maximum absolute atomic E-state index is 13.8. The van der Waals surface area contributed by atoms with E-state index in [0.29, 0.717) is 41.9 Å². The minimum absolute atomic E-state index is 0.111. The van der Waals surface area contributed by atoms with Crippen molar-refractivity contribution in [3.05, 3.63) is 131 Å². The summed E-state index contributed by atoms with van der Waals surface area (Å²) in [6.45, 7) is 0.600. The Hall–Kier alpha value is -6.01. The van der Waals surface area contributed by atoms with Crippen molar-refractivity contribution in [3.8, 4) is 11.5 Å². The molecule has 2 aliphatic rings. The van der Waals surface area contributed by atoms with Crippen LogP contribution in [0.2, 0.25) is 0 Å². The topological polar surface area (TPSA) is 149 Å². The van der Waals surface area contributed by atoms with Gasteiger partial charge in [0.15, 0.2) is 0 Å². The summed E-state index contributed by atoms with van der Waals surface area (Å²) >= 11 is 0. The number of unbranched alkanes of at least 4 members (excludes halogenated alkanes) is 2. The van der Waals surface area contributed by atoms with Crippen LogP contribution in [0.1, 0.15) is 88.1 Å². The SMILES string of the molecule is COc1ccc(C(OC(c2ccccc2)C2CN(C(=O)CCCCCN3C(=O)c4ccccc4C3=O)CC2OC(=O)CCC(=O)O)c2ccc(OC)cc2)cc1. The van der Waals surface area contributed by atoms with Gasteiger partial charge in [-0.2, -0.15) is 0 Å². The zero-order chi connectivity index (χ0) is 39.6. The average Bonchev–Trinajstić information content (AvgIpc) is 3.75. The lowest BCUT2D eigenvalue weighted by Gasteiger charge is -2.32. The van der Waals surface area contributed by atoms with Gasteiger partial charge in [0, 0.05) is 25.4 Å². The lowest BCUT2D eigenvalue weighted by atomic mass is 9.91. The van der Waals surface area contributed by atoms with Crippen LogP contribution in [0.5, 0.6) is 11.5 Å². The van der Waals surface area contributed by atoms with E-state index in [9.17, 15) is 29.1 Å². The monoisotopic (exact) mass is 762 g/mol. The Labute approximate surface area is 325 Å². The summed E-state index contributed by atoms with van der Waals surface area (Å²) in [5, 5.41) is 9.23. The number of methoxy groups -OCH3 is 2. The number of nitrogens with zero attached hydrogens (tertiary/aromatic N) is 2. The zero-order valence-corrected chi connectivity index (χ0v) is 31.5. The summed E-state index contributed by atoms with van der Waals surface area (Å²) in [6, 6.07) is 31.5. The van der Waals surface area contributed by atoms with E-state index < -0.39 is 36.2 Å². The van der Waals surface area contributed by atoms with Crippen LogP contribution in [-0.4, -0.2) is 84.5 Å². The number of aliphatic carboxylic acids is 1. The van der Waals surface area contributed by atoms with E-state index in [0.717, 1.165) is 16.7 Å². The van der Waals surface area contributed by atoms with Gasteiger partial charge in [-0.25, -0.2) is 0 Å². The van der Waals surface area contributed by atoms with E-state index in [2.05, 4.69) is 0 Å². The molecule has 0 saturated carbocycles. The van der Waals surface area contributed by atoms with Crippen LogP contribution in [0, 0.1) is 5.92 Å². The van der Waals surface area contributed by atoms with Gasteiger partial charge >= 0.3 is 11.9 Å². The average molecular weight is 763 g/mol. The molecule has 1 N–H and O–H groups in total. The first-order valence-corrected chi connectivity index (χ1v) is 18.8. The lowest BCUT2D eigenvalue weighted by Crippen LogP contribution is -2.32. The van der Waals surface area contributed by atoms with Gasteiger partial charge in [-0.05, 0) is 65.9 Å². The Morgan fingerprint density at radius 1 is 0.679 bits per heavy atom. The molecule has 2 heterocycles. The van der Waals surface area contributed by atoms with Crippen LogP contribution in [0.4, 0.5) is 0 Å². The summed E-state index contributed by atoms with van der Waals surface area (Å²) in [7, 11) is 3.20. The van der Waals surface area contributed by atoms with E-state index >= 15 is 0 Å². The minimum Gasteiger partial charge on any atom is -0.497 e. The van der Waals surface area contributed by atoms with Crippen molar-refractivity contribution < 1.29 is 48.0 Å². The maximum atomic E-state index is 13.8. The van der Waals surface area contributed by atoms with Gasteiger partial charge in [0.25, 0.3) is 11.8 Å². The molecule has 1 saturated heterocycles. The van der Waals surface area contributed by atoms with Crippen molar-refractivity contribution in [1.82, 2.24) is 9.80 Å². The number of amides is 3. The molecule has 0 aromatic heterocycles. The second kappa shape index (κ2) is 18.5. The summed E-state index contributed by atoms with van der Waals surface area (Å²) in [5.41, 5.74) is 3.33. The normalized spacial score (nSPS) is 16.8. The van der Waals surface area contributed by atoms with Crippen molar-refractivity contribution in [2.45, 2.75) is 56.8 Å². The number of carboxylic acid groups (broad SMARTS) is 1. The van der Waals surface area contributed by atoms with E-state index in [1.165, 1.54) is 4.90 Å². The van der Waals surface area contributed by atoms with Crippen LogP contribution in [0.15, 0.2) is 103 Å². The number of ether oxygens (including phenoxy) is 4. The number of hydrogen-bond donors (Lipinski definition) is 1. The molecular formula is C44H46N2O10. The van der Waals surface area contributed by atoms with Crippen LogP contribution in [-0.2, 0) is 23.9 Å². The number of carbonyl (C=O) groups excluding carboxylic acids is 4. The van der Waals surface area contributed by atoms with Crippen molar-refractivity contribution in [1.29, 1.82) is 0 Å². The first kappa shape index (κ1) is 39.7.